The lowest BCUT2D eigenvalue weighted by Crippen LogP contribution is -1.55. The Morgan fingerprint density at radius 1 is 1.08 bits per heavy atom. The summed E-state index contributed by atoms with van der Waals surface area (Å²) in [6, 6.07) is 9.97. The third-order valence-electron chi connectivity index (χ3n) is 0.926. The van der Waals surface area contributed by atoms with Gasteiger partial charge in [0.15, 0.2) is 0 Å². The highest BCUT2D eigenvalue weighted by Crippen LogP contribution is 2.05. The second-order valence-electron chi connectivity index (χ2n) is 1.76. The van der Waals surface area contributed by atoms with E-state index in [1.807, 2.05) is 30.3 Å². The molecule has 0 amide bonds. The maximum absolute atomic E-state index is 4.36. The molecule has 1 nitrogen and oxygen atoms in total. The molecule has 1 aromatic rings. The first kappa shape index (κ1) is 11.0. The minimum absolute atomic E-state index is 1.13. The number of ether oxygens (including phenoxy) is 1. The zero-order chi connectivity index (χ0) is 9.23. The normalized spacial score (nSPS) is 7.42. The van der Waals surface area contributed by atoms with E-state index in [2.05, 4.69) is 33.8 Å². The number of hydrogen-bond donors (Lipinski definition) is 0. The SMILES string of the molecule is Brc1ccccc1.C=COC=C. The van der Waals surface area contributed by atoms with Crippen LogP contribution < -0.4 is 0 Å². The quantitative estimate of drug-likeness (QED) is 0.699. The first-order chi connectivity index (χ1) is 5.81. The molecule has 0 radical (unpaired) electrons. The Balaban J connectivity index is 0.000000217. The molecule has 0 aliphatic heterocycles. The highest BCUT2D eigenvalue weighted by atomic mass is 79.9. The Labute approximate surface area is 81.5 Å². The summed E-state index contributed by atoms with van der Waals surface area (Å²) < 4.78 is 5.50. The summed E-state index contributed by atoms with van der Waals surface area (Å²) in [6.45, 7) is 6.51. The van der Waals surface area contributed by atoms with Crippen LogP contribution in [0.1, 0.15) is 0 Å². The van der Waals surface area contributed by atoms with Gasteiger partial charge in [0.25, 0.3) is 0 Å². The van der Waals surface area contributed by atoms with Crippen LogP contribution in [0, 0.1) is 0 Å². The summed E-state index contributed by atoms with van der Waals surface area (Å²) >= 11 is 3.31. The van der Waals surface area contributed by atoms with Crippen LogP contribution in [0.15, 0.2) is 60.5 Å². The molecule has 1 aromatic carbocycles. The van der Waals surface area contributed by atoms with Crippen molar-refractivity contribution in [2.75, 3.05) is 0 Å². The van der Waals surface area contributed by atoms with E-state index in [4.69, 9.17) is 0 Å². The van der Waals surface area contributed by atoms with Crippen LogP contribution in [0.4, 0.5) is 0 Å². The standard InChI is InChI=1S/C6H5Br.C4H6O/c7-6-4-2-1-3-5-6;1-3-5-4-2/h1-5H;3-4H,1-2H2. The molecule has 0 heterocycles. The fourth-order valence-electron chi connectivity index (χ4n) is 0.483. The number of benzene rings is 1. The van der Waals surface area contributed by atoms with Crippen LogP contribution in [0.3, 0.4) is 0 Å². The Bertz CT molecular complexity index is 213. The van der Waals surface area contributed by atoms with Gasteiger partial charge in [-0.15, -0.1) is 0 Å². The van der Waals surface area contributed by atoms with Crippen molar-refractivity contribution in [2.24, 2.45) is 0 Å². The number of hydrogen-bond acceptors (Lipinski definition) is 1. The van der Waals surface area contributed by atoms with E-state index in [-0.39, 0.29) is 0 Å². The van der Waals surface area contributed by atoms with Gasteiger partial charge in [-0.25, -0.2) is 0 Å². The molecular weight excluding hydrogens is 216 g/mol. The van der Waals surface area contributed by atoms with Gasteiger partial charge in [0.1, 0.15) is 0 Å². The van der Waals surface area contributed by atoms with E-state index in [1.165, 1.54) is 12.5 Å². The Morgan fingerprint density at radius 3 is 1.75 bits per heavy atom. The van der Waals surface area contributed by atoms with Gasteiger partial charge in [0, 0.05) is 4.47 Å². The molecule has 0 bridgehead atoms. The van der Waals surface area contributed by atoms with Gasteiger partial charge in [-0.05, 0) is 12.1 Å². The summed E-state index contributed by atoms with van der Waals surface area (Å²) in [5, 5.41) is 0. The van der Waals surface area contributed by atoms with Crippen molar-refractivity contribution in [2.45, 2.75) is 0 Å². The van der Waals surface area contributed by atoms with E-state index >= 15 is 0 Å². The summed E-state index contributed by atoms with van der Waals surface area (Å²) in [4.78, 5) is 0. The molecule has 0 N–H and O–H groups in total. The fraction of sp³-hybridized carbons (Fsp3) is 0. The van der Waals surface area contributed by atoms with Crippen molar-refractivity contribution in [1.82, 2.24) is 0 Å². The van der Waals surface area contributed by atoms with Gasteiger partial charge in [0.2, 0.25) is 0 Å². The molecular formula is C10H11BrO. The van der Waals surface area contributed by atoms with Gasteiger partial charge in [-0.2, -0.15) is 0 Å². The van der Waals surface area contributed by atoms with Crippen LogP contribution in [-0.4, -0.2) is 0 Å². The Hall–Kier alpha value is -1.02. The van der Waals surface area contributed by atoms with E-state index < -0.39 is 0 Å². The predicted molar refractivity (Wildman–Crippen MR) is 55.6 cm³/mol. The van der Waals surface area contributed by atoms with Gasteiger partial charge < -0.3 is 4.74 Å². The highest BCUT2D eigenvalue weighted by Gasteiger charge is 1.74. The molecule has 0 aromatic heterocycles. The monoisotopic (exact) mass is 226 g/mol. The topological polar surface area (TPSA) is 9.23 Å². The molecule has 0 aliphatic rings. The lowest BCUT2D eigenvalue weighted by molar-refractivity contribution is 0.406. The van der Waals surface area contributed by atoms with Crippen molar-refractivity contribution < 1.29 is 4.74 Å². The molecule has 0 spiro atoms. The van der Waals surface area contributed by atoms with Crippen LogP contribution in [0.2, 0.25) is 0 Å². The fourth-order valence-corrected chi connectivity index (χ4v) is 0.788. The lowest BCUT2D eigenvalue weighted by atomic mass is 10.4. The third-order valence-corrected chi connectivity index (χ3v) is 1.45. The molecule has 0 aliphatic carbocycles. The molecule has 0 saturated carbocycles. The molecule has 0 saturated heterocycles. The summed E-state index contributed by atoms with van der Waals surface area (Å²) in [5.41, 5.74) is 0. The van der Waals surface area contributed by atoms with Crippen molar-refractivity contribution in [3.05, 3.63) is 60.5 Å². The molecule has 64 valence electrons. The van der Waals surface area contributed by atoms with E-state index in [1.54, 1.807) is 0 Å². The molecule has 0 unspecified atom stereocenters. The van der Waals surface area contributed by atoms with Crippen molar-refractivity contribution in [3.63, 3.8) is 0 Å². The largest absolute Gasteiger partial charge is 0.474 e. The predicted octanol–water partition coefficient (Wildman–Crippen LogP) is 3.74. The molecule has 1 rings (SSSR count). The van der Waals surface area contributed by atoms with Crippen molar-refractivity contribution in [1.29, 1.82) is 0 Å². The van der Waals surface area contributed by atoms with Crippen molar-refractivity contribution in [3.8, 4) is 0 Å². The maximum Gasteiger partial charge on any atom is 0.0829 e. The molecule has 0 atom stereocenters. The molecule has 2 heteroatoms. The Kier molecular flexibility index (Phi) is 7.39. The van der Waals surface area contributed by atoms with Crippen LogP contribution in [-0.2, 0) is 4.74 Å². The van der Waals surface area contributed by atoms with E-state index in [0.29, 0.717) is 0 Å². The van der Waals surface area contributed by atoms with Gasteiger partial charge in [-0.3, -0.25) is 0 Å². The van der Waals surface area contributed by atoms with Crippen LogP contribution in [0.25, 0.3) is 0 Å². The minimum atomic E-state index is 1.13. The first-order valence-corrected chi connectivity index (χ1v) is 4.18. The van der Waals surface area contributed by atoms with Crippen molar-refractivity contribution >= 4 is 15.9 Å². The second-order valence-corrected chi connectivity index (χ2v) is 2.68. The summed E-state index contributed by atoms with van der Waals surface area (Å²) in [6.07, 6.45) is 2.62. The minimum Gasteiger partial charge on any atom is -0.474 e. The third kappa shape index (κ3) is 7.09. The van der Waals surface area contributed by atoms with Gasteiger partial charge >= 0.3 is 0 Å². The number of halogens is 1. The number of rotatable bonds is 2. The Morgan fingerprint density at radius 2 is 1.58 bits per heavy atom. The van der Waals surface area contributed by atoms with E-state index in [0.717, 1.165) is 4.47 Å². The zero-order valence-corrected chi connectivity index (χ0v) is 8.33. The van der Waals surface area contributed by atoms with Crippen LogP contribution in [0.5, 0.6) is 0 Å². The first-order valence-electron chi connectivity index (χ1n) is 3.39. The average Bonchev–Trinajstić information content (AvgIpc) is 2.08. The molecule has 0 fully saturated rings. The average molecular weight is 227 g/mol. The maximum atomic E-state index is 4.36. The lowest BCUT2D eigenvalue weighted by Gasteiger charge is -1.80. The van der Waals surface area contributed by atoms with E-state index in [9.17, 15) is 0 Å². The van der Waals surface area contributed by atoms with Crippen LogP contribution >= 0.6 is 15.9 Å². The zero-order valence-electron chi connectivity index (χ0n) is 6.74. The van der Waals surface area contributed by atoms with Gasteiger partial charge in [-0.1, -0.05) is 47.3 Å². The highest BCUT2D eigenvalue weighted by molar-refractivity contribution is 9.10. The summed E-state index contributed by atoms with van der Waals surface area (Å²) in [7, 11) is 0. The molecule has 12 heavy (non-hydrogen) atoms. The summed E-state index contributed by atoms with van der Waals surface area (Å²) in [5.74, 6) is 0. The van der Waals surface area contributed by atoms with Gasteiger partial charge in [0.05, 0.1) is 12.5 Å². The smallest absolute Gasteiger partial charge is 0.0829 e. The second kappa shape index (κ2) is 8.08.